The fourth-order valence-electron chi connectivity index (χ4n) is 4.97. The third-order valence-corrected chi connectivity index (χ3v) is 6.52. The van der Waals surface area contributed by atoms with Crippen LogP contribution in [0, 0.1) is 11.8 Å². The predicted molar refractivity (Wildman–Crippen MR) is 94.4 cm³/mol. The van der Waals surface area contributed by atoms with E-state index in [1.165, 1.54) is 4.90 Å². The van der Waals surface area contributed by atoms with Crippen molar-refractivity contribution in [3.63, 3.8) is 0 Å². The third kappa shape index (κ3) is 2.81. The van der Waals surface area contributed by atoms with Gasteiger partial charge < -0.3 is 15.1 Å². The van der Waals surface area contributed by atoms with E-state index in [9.17, 15) is 14.4 Å². The van der Waals surface area contributed by atoms with Crippen molar-refractivity contribution >= 4 is 30.3 Å². The molecule has 0 unspecified atom stereocenters. The molecule has 0 radical (unpaired) electrons. The summed E-state index contributed by atoms with van der Waals surface area (Å²) in [5, 5.41) is 3.35. The molecule has 1 N–H and O–H groups in total. The summed E-state index contributed by atoms with van der Waals surface area (Å²) in [7, 11) is 1.71. The molecule has 4 rings (SSSR count). The van der Waals surface area contributed by atoms with E-state index in [2.05, 4.69) is 5.32 Å². The first kappa shape index (κ1) is 18.5. The molecule has 3 heterocycles. The monoisotopic (exact) mass is 370 g/mol. The van der Waals surface area contributed by atoms with Gasteiger partial charge in [0.2, 0.25) is 5.91 Å². The smallest absolute Gasteiger partial charge is 0.327 e. The highest BCUT2D eigenvalue weighted by Gasteiger charge is 2.56. The van der Waals surface area contributed by atoms with E-state index in [1.807, 2.05) is 4.90 Å². The van der Waals surface area contributed by atoms with Crippen LogP contribution in [0.4, 0.5) is 4.79 Å². The number of likely N-dealkylation sites (N-methyl/N-ethyl adjacent to an activating group) is 1. The lowest BCUT2D eigenvalue weighted by atomic mass is 9.81. The molecule has 1 aliphatic carbocycles. The van der Waals surface area contributed by atoms with Gasteiger partial charge in [0.05, 0.1) is 0 Å². The molecular weight excluding hydrogens is 344 g/mol. The van der Waals surface area contributed by atoms with Gasteiger partial charge in [0.1, 0.15) is 12.1 Å². The number of imide groups is 1. The molecule has 7 nitrogen and oxygen atoms in total. The van der Waals surface area contributed by atoms with Crippen LogP contribution in [0.3, 0.4) is 0 Å². The molecule has 25 heavy (non-hydrogen) atoms. The number of urea groups is 1. The summed E-state index contributed by atoms with van der Waals surface area (Å²) >= 11 is 0. The van der Waals surface area contributed by atoms with Crippen molar-refractivity contribution in [2.45, 2.75) is 37.6 Å². The quantitative estimate of drug-likeness (QED) is 0.726. The average Bonchev–Trinajstić information content (AvgIpc) is 3.23. The minimum absolute atomic E-state index is 0. The lowest BCUT2D eigenvalue weighted by Gasteiger charge is -2.35. The van der Waals surface area contributed by atoms with Crippen LogP contribution in [-0.2, 0) is 9.59 Å². The Labute approximate surface area is 154 Å². The van der Waals surface area contributed by atoms with Crippen molar-refractivity contribution in [1.29, 1.82) is 0 Å². The van der Waals surface area contributed by atoms with E-state index in [0.717, 1.165) is 58.3 Å². The Morgan fingerprint density at radius 2 is 1.72 bits per heavy atom. The van der Waals surface area contributed by atoms with Gasteiger partial charge in [-0.15, -0.1) is 12.4 Å². The summed E-state index contributed by atoms with van der Waals surface area (Å²) in [6, 6.07) is -0.309. The Bertz CT molecular complexity index is 566. The van der Waals surface area contributed by atoms with Crippen molar-refractivity contribution in [2.75, 3.05) is 39.8 Å². The number of carbonyl (C=O) groups is 3. The summed E-state index contributed by atoms with van der Waals surface area (Å²) in [4.78, 5) is 42.8. The van der Waals surface area contributed by atoms with Crippen LogP contribution in [0.5, 0.6) is 0 Å². The fraction of sp³-hybridized carbons (Fsp3) is 0.824. The molecule has 1 saturated carbocycles. The highest BCUT2D eigenvalue weighted by Crippen LogP contribution is 2.39. The molecule has 0 bridgehead atoms. The van der Waals surface area contributed by atoms with Crippen LogP contribution >= 0.6 is 12.4 Å². The second kappa shape index (κ2) is 6.76. The molecule has 2 atom stereocenters. The van der Waals surface area contributed by atoms with Gasteiger partial charge in [-0.2, -0.15) is 0 Å². The van der Waals surface area contributed by atoms with Gasteiger partial charge in [0.15, 0.2) is 0 Å². The molecular formula is C17H27ClN4O3. The number of hydrogen-bond acceptors (Lipinski definition) is 4. The molecule has 0 aromatic rings. The van der Waals surface area contributed by atoms with Gasteiger partial charge in [-0.05, 0) is 24.7 Å². The topological polar surface area (TPSA) is 73.0 Å². The number of nitrogens with zero attached hydrogens (tertiary/aromatic N) is 3. The van der Waals surface area contributed by atoms with Gasteiger partial charge in [-0.25, -0.2) is 4.79 Å². The molecule has 0 aromatic carbocycles. The van der Waals surface area contributed by atoms with E-state index >= 15 is 0 Å². The van der Waals surface area contributed by atoms with E-state index in [-0.39, 0.29) is 36.8 Å². The summed E-state index contributed by atoms with van der Waals surface area (Å²) in [5.41, 5.74) is -0.693. The van der Waals surface area contributed by atoms with Crippen LogP contribution in [0.1, 0.15) is 32.1 Å². The average molecular weight is 371 g/mol. The van der Waals surface area contributed by atoms with Crippen molar-refractivity contribution < 1.29 is 14.4 Å². The van der Waals surface area contributed by atoms with E-state index in [0.29, 0.717) is 11.8 Å². The number of amides is 4. The minimum atomic E-state index is -0.693. The number of rotatable bonds is 2. The highest BCUT2D eigenvalue weighted by molar-refractivity contribution is 6.08. The molecule has 0 aromatic heterocycles. The normalized spacial score (nSPS) is 30.8. The lowest BCUT2D eigenvalue weighted by Crippen LogP contribution is -2.49. The number of fused-ring (bicyclic) bond motifs is 1. The Morgan fingerprint density at radius 1 is 1.12 bits per heavy atom. The molecule has 4 amide bonds. The largest absolute Gasteiger partial charge is 0.340 e. The van der Waals surface area contributed by atoms with Crippen molar-refractivity contribution in [1.82, 2.24) is 20.0 Å². The zero-order valence-corrected chi connectivity index (χ0v) is 15.5. The van der Waals surface area contributed by atoms with Crippen LogP contribution in [-0.4, -0.2) is 77.9 Å². The molecule has 140 valence electrons. The van der Waals surface area contributed by atoms with E-state index < -0.39 is 5.54 Å². The molecule has 4 fully saturated rings. The van der Waals surface area contributed by atoms with Crippen LogP contribution in [0.2, 0.25) is 0 Å². The van der Waals surface area contributed by atoms with E-state index in [4.69, 9.17) is 0 Å². The molecule has 3 saturated heterocycles. The zero-order valence-electron chi connectivity index (χ0n) is 14.7. The Hall–Kier alpha value is -1.34. The second-order valence-corrected chi connectivity index (χ2v) is 7.80. The van der Waals surface area contributed by atoms with Crippen LogP contribution < -0.4 is 5.32 Å². The molecule has 3 aliphatic heterocycles. The SMILES string of the molecule is CN1C(=O)N(CC(=O)N2C[C@H]3CNC[C@H]3C2)C(=O)C12CCCCC2.Cl. The zero-order chi connectivity index (χ0) is 16.9. The Morgan fingerprint density at radius 3 is 2.32 bits per heavy atom. The van der Waals surface area contributed by atoms with Gasteiger partial charge in [-0.3, -0.25) is 14.5 Å². The van der Waals surface area contributed by atoms with Gasteiger partial charge in [-0.1, -0.05) is 19.3 Å². The number of likely N-dealkylation sites (tertiary alicyclic amines) is 1. The first-order valence-electron chi connectivity index (χ1n) is 9.11. The molecule has 1 spiro atoms. The van der Waals surface area contributed by atoms with Gasteiger partial charge >= 0.3 is 6.03 Å². The minimum Gasteiger partial charge on any atom is -0.340 e. The number of nitrogens with one attached hydrogen (secondary N) is 1. The maximum absolute atomic E-state index is 12.9. The molecule has 4 aliphatic rings. The first-order chi connectivity index (χ1) is 11.5. The standard InChI is InChI=1S/C17H26N4O3.ClH/c1-19-16(24)21(15(23)17(19)5-3-2-4-6-17)11-14(22)20-9-12-7-18-8-13(12)10-20;/h12-13,18H,2-11H2,1H3;1H/t12-,13+;. The summed E-state index contributed by atoms with van der Waals surface area (Å²) in [6.07, 6.45) is 4.48. The maximum atomic E-state index is 12.9. The Kier molecular flexibility index (Phi) is 4.99. The van der Waals surface area contributed by atoms with Crippen LogP contribution in [0.25, 0.3) is 0 Å². The third-order valence-electron chi connectivity index (χ3n) is 6.52. The van der Waals surface area contributed by atoms with Crippen molar-refractivity contribution in [2.24, 2.45) is 11.8 Å². The van der Waals surface area contributed by atoms with Gasteiger partial charge in [0, 0.05) is 33.2 Å². The summed E-state index contributed by atoms with van der Waals surface area (Å²) < 4.78 is 0. The number of hydrogen-bond donors (Lipinski definition) is 1. The second-order valence-electron chi connectivity index (χ2n) is 7.80. The maximum Gasteiger partial charge on any atom is 0.327 e. The van der Waals surface area contributed by atoms with E-state index in [1.54, 1.807) is 11.9 Å². The predicted octanol–water partition coefficient (Wildman–Crippen LogP) is 0.683. The van der Waals surface area contributed by atoms with Crippen molar-refractivity contribution in [3.05, 3.63) is 0 Å². The summed E-state index contributed by atoms with van der Waals surface area (Å²) in [6.45, 7) is 3.31. The van der Waals surface area contributed by atoms with Crippen LogP contribution in [0.15, 0.2) is 0 Å². The fourth-order valence-corrected chi connectivity index (χ4v) is 4.97. The van der Waals surface area contributed by atoms with Gasteiger partial charge in [0.25, 0.3) is 5.91 Å². The first-order valence-corrected chi connectivity index (χ1v) is 9.11. The highest BCUT2D eigenvalue weighted by atomic mass is 35.5. The number of carbonyl (C=O) groups excluding carboxylic acids is 3. The van der Waals surface area contributed by atoms with Crippen molar-refractivity contribution in [3.8, 4) is 0 Å². The lowest BCUT2D eigenvalue weighted by molar-refractivity contribution is -0.140. The number of halogens is 1. The summed E-state index contributed by atoms with van der Waals surface area (Å²) in [5.74, 6) is 0.786. The molecule has 8 heteroatoms. The Balaban J connectivity index is 0.00000182.